The summed E-state index contributed by atoms with van der Waals surface area (Å²) in [7, 11) is 99.5. The second-order valence-electron chi connectivity index (χ2n) is 32.5. The van der Waals surface area contributed by atoms with Crippen LogP contribution in [0.25, 0.3) is 0 Å². The maximum atomic E-state index is 2.78. The molecule has 0 saturated heterocycles. The predicted octanol–water partition coefficient (Wildman–Crippen LogP) is -47.2. The Kier molecular flexibility index (Phi) is 37.4. The summed E-state index contributed by atoms with van der Waals surface area (Å²) in [4.78, 5) is 0. The average molecular weight is 853 g/mol. The molecule has 0 unspecified atom stereocenters. The molecule has 0 nitrogen and oxygen atoms in total. The molecule has 72 heteroatoms. The van der Waals surface area contributed by atoms with Crippen molar-refractivity contribution in [2.75, 3.05) is 0 Å². The first-order valence-electron chi connectivity index (χ1n) is 32.7. The second kappa shape index (κ2) is 35.1. The van der Waals surface area contributed by atoms with Crippen LogP contribution in [-0.2, 0) is 0 Å². The zero-order valence-electron chi connectivity index (χ0n) is 57.2. The SMILES string of the molecule is BB(B)B(B)B(B(B)B)B(B(B(B(B)B)B(B)B)B(B(B)B)B(B)B)B(B(B(B(B)B)B(B)B)B(B(B)B)B(B)B)B(B(B(B(B)B)B(B)B)B(B(B)B)B(B)B)B(B(B(B)B)B(B)B)B(B(B)B)B(B)B. The van der Waals surface area contributed by atoms with Crippen LogP contribution in [0.4, 0.5) is 0 Å². The Hall–Kier alpha value is 4.68. The van der Waals surface area contributed by atoms with Crippen LogP contribution in [0, 0.1) is 0 Å². The molecule has 0 spiro atoms. The molecule has 290 valence electrons. The summed E-state index contributed by atoms with van der Waals surface area (Å²) in [6.45, 7) is 0. The number of hydrogen-bond donors (Lipinski definition) is 0. The van der Waals surface area contributed by atoms with E-state index >= 15 is 0 Å². The third kappa shape index (κ3) is 20.5. The van der Waals surface area contributed by atoms with Gasteiger partial charge in [-0.25, -0.2) is 0 Å². The summed E-state index contributed by atoms with van der Waals surface area (Å²) in [5.41, 5.74) is 0. The molecule has 72 heavy (non-hydrogen) atoms. The van der Waals surface area contributed by atoms with Crippen LogP contribution in [0.15, 0.2) is 0 Å². The van der Waals surface area contributed by atoms with Crippen molar-refractivity contribution in [1.82, 2.24) is 0 Å². The van der Waals surface area contributed by atoms with Crippen LogP contribution >= 0.6 is 0 Å². The van der Waals surface area contributed by atoms with Crippen molar-refractivity contribution >= 4 is 510 Å². The molecule has 0 aliphatic carbocycles. The summed E-state index contributed by atoms with van der Waals surface area (Å²) in [6.07, 6.45) is 21.1. The van der Waals surface area contributed by atoms with Gasteiger partial charge in [0.1, 0.15) is 0 Å². The molecule has 0 aromatic heterocycles. The number of hydrogen-bond acceptors (Lipinski definition) is 0. The maximum Gasteiger partial charge on any atom is 0.0552 e. The zero-order valence-corrected chi connectivity index (χ0v) is 57.2. The quantitative estimate of drug-likeness (QED) is 0.0566. The Morgan fingerprint density at radius 2 is 0.167 bits per heavy atom. The van der Waals surface area contributed by atoms with Crippen molar-refractivity contribution in [1.29, 1.82) is 0 Å². The topological polar surface area (TPSA) is 0 Å². The molecule has 0 heterocycles. The molecule has 0 fully saturated rings. The molecule has 0 aromatic rings. The van der Waals surface area contributed by atoms with Gasteiger partial charge in [-0.3, -0.25) is 0 Å². The van der Waals surface area contributed by atoms with E-state index in [1.54, 1.807) is 0 Å². The minimum atomic E-state index is 0.559. The lowest BCUT2D eigenvalue weighted by atomic mass is 8.21. The molecular formula is H74B72. The molecule has 0 N–H and O–H groups in total. The van der Waals surface area contributed by atoms with Crippen molar-refractivity contribution in [2.45, 2.75) is 0 Å². The Balaban J connectivity index is 11.9. The third-order valence-corrected chi connectivity index (χ3v) is 21.4. The fourth-order valence-corrected chi connectivity index (χ4v) is 20.5. The molecule has 0 bridgehead atoms. The molecule has 0 aliphatic rings. The first kappa shape index (κ1) is 76.7. The van der Waals surface area contributed by atoms with Gasteiger partial charge in [0.05, 0.1) is 286 Å². The Labute approximate surface area is 505 Å². The van der Waals surface area contributed by atoms with Crippen molar-refractivity contribution in [2.24, 2.45) is 0 Å². The van der Waals surface area contributed by atoms with Gasteiger partial charge in [-0.05, 0) is 0 Å². The van der Waals surface area contributed by atoms with E-state index < -0.39 is 0 Å². The molecule has 0 atom stereocenters. The fraction of sp³-hybridized carbons (Fsp3) is 0. The predicted molar refractivity (Wildman–Crippen MR) is 518 cm³/mol. The van der Waals surface area contributed by atoms with Crippen LogP contribution in [0.3, 0.4) is 0 Å². The summed E-state index contributed by atoms with van der Waals surface area (Å²) in [6, 6.07) is 0. The Morgan fingerprint density at radius 1 is 0.0833 bits per heavy atom. The van der Waals surface area contributed by atoms with Gasteiger partial charge >= 0.3 is 0 Å². The van der Waals surface area contributed by atoms with Crippen molar-refractivity contribution < 1.29 is 0 Å². The highest BCUT2D eigenvalue weighted by molar-refractivity contribution is 8.40. The standard InChI is InChI=1S/B72H74/c1-38(2)56(37)65(55(35)36)70(66(57(39(3)4)40(5)6)58(41(7)8)42(9)10)72(69(63(51(27)28)52(29)30)64(53(31)32)54(33)34)71(67(59(43(11)12)44(13)14)60(45(15)16)46(17)18)68(61(47(19)20)48(21)22)62(49(23)24)50(25)26/h1-37H2. The summed E-state index contributed by atoms with van der Waals surface area (Å²) in [5, 5.41) is 0. The number of rotatable bonds is 34. The molecule has 0 rings (SSSR count). The van der Waals surface area contributed by atoms with Crippen LogP contribution in [0.1, 0.15) is 0 Å². The third-order valence-electron chi connectivity index (χ3n) is 21.4. The maximum absolute atomic E-state index is 2.78. The van der Waals surface area contributed by atoms with E-state index in [1.807, 2.05) is 0 Å². The van der Waals surface area contributed by atoms with E-state index in [-0.39, 0.29) is 0 Å². The second-order valence-corrected chi connectivity index (χ2v) is 32.5. The first-order chi connectivity index (χ1) is 32.7. The van der Waals surface area contributed by atoms with E-state index in [4.69, 9.17) is 0 Å². The Morgan fingerprint density at radius 3 is 0.250 bits per heavy atom. The van der Waals surface area contributed by atoms with E-state index in [1.165, 1.54) is 0 Å². The van der Waals surface area contributed by atoms with E-state index in [0.717, 1.165) is 0 Å². The highest BCUT2D eigenvalue weighted by atomic mass is 13.5. The average Bonchev–Trinajstić information content (AvgIpc) is 3.15. The minimum absolute atomic E-state index is 0.559. The van der Waals surface area contributed by atoms with Crippen LogP contribution < -0.4 is 0 Å². The van der Waals surface area contributed by atoms with Gasteiger partial charge in [-0.1, -0.05) is 0 Å². The van der Waals surface area contributed by atoms with Crippen LogP contribution in [0.5, 0.6) is 0 Å². The van der Waals surface area contributed by atoms with E-state index in [2.05, 4.69) is 286 Å². The highest BCUT2D eigenvalue weighted by Crippen LogP contribution is 2.26. The summed E-state index contributed by atoms with van der Waals surface area (Å²) in [5.74, 6) is 0. The van der Waals surface area contributed by atoms with Crippen LogP contribution in [0.2, 0.25) is 0 Å². The molecule has 0 radical (unpaired) electrons. The fourth-order valence-electron chi connectivity index (χ4n) is 20.5. The summed E-state index contributed by atoms with van der Waals surface area (Å²) >= 11 is 0. The highest BCUT2D eigenvalue weighted by Gasteiger charge is 2.65. The normalized spacial score (nSPS) is 9.78. The molecule has 0 saturated carbocycles. The molecule has 0 aliphatic heterocycles. The lowest BCUT2D eigenvalue weighted by Gasteiger charge is -2.60. The zero-order chi connectivity index (χ0) is 57.2. The largest absolute Gasteiger partial charge is 0.0552 e. The monoisotopic (exact) mass is 867 g/mol. The van der Waals surface area contributed by atoms with Crippen LogP contribution in [-0.4, -0.2) is 510 Å². The van der Waals surface area contributed by atoms with Gasteiger partial charge in [0.15, 0.2) is 0 Å². The summed E-state index contributed by atoms with van der Waals surface area (Å²) < 4.78 is 0. The molecular weight excluding hydrogens is 778 g/mol. The van der Waals surface area contributed by atoms with Crippen molar-refractivity contribution in [3.05, 3.63) is 0 Å². The Bertz CT molecular complexity index is 1190. The van der Waals surface area contributed by atoms with Gasteiger partial charge in [-0.15, -0.1) is 0 Å². The smallest absolute Gasteiger partial charge is 0.00000505 e. The lowest BCUT2D eigenvalue weighted by Crippen LogP contribution is -2.98. The van der Waals surface area contributed by atoms with E-state index in [0.29, 0.717) is 223 Å². The first-order valence-corrected chi connectivity index (χ1v) is 32.7. The molecule has 0 aromatic carbocycles. The van der Waals surface area contributed by atoms with Crippen molar-refractivity contribution in [3.63, 3.8) is 0 Å². The van der Waals surface area contributed by atoms with Gasteiger partial charge < -0.3 is 0 Å². The van der Waals surface area contributed by atoms with Gasteiger partial charge in [0.25, 0.3) is 0 Å². The lowest BCUT2D eigenvalue weighted by molar-refractivity contribution is 3.15. The van der Waals surface area contributed by atoms with Crippen molar-refractivity contribution in [3.8, 4) is 0 Å². The van der Waals surface area contributed by atoms with Gasteiger partial charge in [0.2, 0.25) is 0 Å². The van der Waals surface area contributed by atoms with Gasteiger partial charge in [0, 0.05) is 223 Å². The minimum Gasteiger partial charge on any atom is 0.00000505 e. The molecule has 0 amide bonds. The van der Waals surface area contributed by atoms with Gasteiger partial charge in [-0.2, -0.15) is 0 Å². The van der Waals surface area contributed by atoms with E-state index in [9.17, 15) is 0 Å².